The van der Waals surface area contributed by atoms with Crippen LogP contribution in [0.3, 0.4) is 0 Å². The van der Waals surface area contributed by atoms with E-state index in [4.69, 9.17) is 4.74 Å². The average Bonchev–Trinajstić information content (AvgIpc) is 3.23. The lowest BCUT2D eigenvalue weighted by molar-refractivity contribution is -0.144. The van der Waals surface area contributed by atoms with Crippen molar-refractivity contribution >= 4 is 29.1 Å². The highest BCUT2D eigenvalue weighted by molar-refractivity contribution is 7.99. The molecule has 2 aromatic heterocycles. The molecule has 2 heterocycles. The Morgan fingerprint density at radius 2 is 2.00 bits per heavy atom. The zero-order valence-electron chi connectivity index (χ0n) is 14.1. The molecule has 0 fully saturated rings. The SMILES string of the molecule is CC(C)OC(=O)CSc1nnc(-c2cccs2)n1Cc1ccccc1. The van der Waals surface area contributed by atoms with Crippen molar-refractivity contribution in [1.29, 1.82) is 0 Å². The first-order valence-corrected chi connectivity index (χ1v) is 9.83. The summed E-state index contributed by atoms with van der Waals surface area (Å²) < 4.78 is 7.24. The number of thiophene rings is 1. The Hall–Kier alpha value is -2.12. The van der Waals surface area contributed by atoms with E-state index in [1.165, 1.54) is 11.8 Å². The van der Waals surface area contributed by atoms with Crippen molar-refractivity contribution in [3.8, 4) is 10.7 Å². The van der Waals surface area contributed by atoms with Crippen molar-refractivity contribution in [2.24, 2.45) is 0 Å². The van der Waals surface area contributed by atoms with Crippen LogP contribution in [0.5, 0.6) is 0 Å². The van der Waals surface area contributed by atoms with Gasteiger partial charge in [-0.2, -0.15) is 0 Å². The summed E-state index contributed by atoms with van der Waals surface area (Å²) in [5, 5.41) is 11.4. The van der Waals surface area contributed by atoms with E-state index < -0.39 is 0 Å². The number of hydrogen-bond donors (Lipinski definition) is 0. The van der Waals surface area contributed by atoms with Crippen LogP contribution in [0.1, 0.15) is 19.4 Å². The molecule has 0 bridgehead atoms. The molecular formula is C18H19N3O2S2. The van der Waals surface area contributed by atoms with Gasteiger partial charge in [-0.25, -0.2) is 0 Å². The molecule has 0 atom stereocenters. The third kappa shape index (κ3) is 4.70. The third-order valence-electron chi connectivity index (χ3n) is 3.33. The van der Waals surface area contributed by atoms with Gasteiger partial charge < -0.3 is 4.74 Å². The fourth-order valence-corrected chi connectivity index (χ4v) is 3.75. The van der Waals surface area contributed by atoms with Gasteiger partial charge >= 0.3 is 5.97 Å². The van der Waals surface area contributed by atoms with Gasteiger partial charge in [-0.1, -0.05) is 48.2 Å². The Labute approximate surface area is 155 Å². The Balaban J connectivity index is 1.83. The van der Waals surface area contributed by atoms with Crippen LogP contribution in [0.25, 0.3) is 10.7 Å². The second-order valence-electron chi connectivity index (χ2n) is 5.68. The van der Waals surface area contributed by atoms with E-state index in [0.29, 0.717) is 11.7 Å². The molecule has 25 heavy (non-hydrogen) atoms. The summed E-state index contributed by atoms with van der Waals surface area (Å²) in [7, 11) is 0. The van der Waals surface area contributed by atoms with Gasteiger partial charge in [-0.05, 0) is 30.9 Å². The average molecular weight is 374 g/mol. The lowest BCUT2D eigenvalue weighted by atomic mass is 10.2. The van der Waals surface area contributed by atoms with Crippen LogP contribution in [0.2, 0.25) is 0 Å². The molecule has 0 radical (unpaired) electrons. The van der Waals surface area contributed by atoms with E-state index in [0.717, 1.165) is 16.3 Å². The molecule has 0 aliphatic rings. The number of aromatic nitrogens is 3. The molecule has 0 saturated heterocycles. The molecule has 0 aliphatic carbocycles. The highest BCUT2D eigenvalue weighted by Gasteiger charge is 2.17. The molecule has 0 N–H and O–H groups in total. The van der Waals surface area contributed by atoms with Crippen LogP contribution >= 0.6 is 23.1 Å². The summed E-state index contributed by atoms with van der Waals surface area (Å²) >= 11 is 2.98. The van der Waals surface area contributed by atoms with Crippen molar-refractivity contribution in [3.05, 3.63) is 53.4 Å². The van der Waals surface area contributed by atoms with E-state index >= 15 is 0 Å². The molecule has 3 aromatic rings. The molecule has 5 nitrogen and oxygen atoms in total. The number of carbonyl (C=O) groups is 1. The molecule has 130 valence electrons. The maximum Gasteiger partial charge on any atom is 0.316 e. The first-order chi connectivity index (χ1) is 12.1. The van der Waals surface area contributed by atoms with E-state index in [1.807, 2.05) is 49.6 Å². The maximum atomic E-state index is 11.8. The van der Waals surface area contributed by atoms with Crippen LogP contribution in [-0.2, 0) is 16.1 Å². The van der Waals surface area contributed by atoms with Crippen LogP contribution in [0.4, 0.5) is 0 Å². The van der Waals surface area contributed by atoms with Crippen LogP contribution in [-0.4, -0.2) is 32.6 Å². The minimum atomic E-state index is -0.244. The van der Waals surface area contributed by atoms with Gasteiger partial charge in [0.15, 0.2) is 11.0 Å². The number of ether oxygens (including phenoxy) is 1. The quantitative estimate of drug-likeness (QED) is 0.461. The summed E-state index contributed by atoms with van der Waals surface area (Å²) in [6, 6.07) is 14.2. The maximum absolute atomic E-state index is 11.8. The Bertz CT molecular complexity index is 814. The Morgan fingerprint density at radius 1 is 1.20 bits per heavy atom. The van der Waals surface area contributed by atoms with Crippen molar-refractivity contribution < 1.29 is 9.53 Å². The third-order valence-corrected chi connectivity index (χ3v) is 5.13. The lowest BCUT2D eigenvalue weighted by Gasteiger charge is -2.10. The minimum absolute atomic E-state index is 0.114. The van der Waals surface area contributed by atoms with Gasteiger partial charge in [-0.3, -0.25) is 9.36 Å². The summed E-state index contributed by atoms with van der Waals surface area (Å²) in [6.07, 6.45) is -0.114. The number of nitrogens with zero attached hydrogens (tertiary/aromatic N) is 3. The predicted octanol–water partition coefficient (Wildman–Crippen LogP) is 4.10. The van der Waals surface area contributed by atoms with Crippen molar-refractivity contribution in [2.75, 3.05) is 5.75 Å². The van der Waals surface area contributed by atoms with Gasteiger partial charge in [0, 0.05) is 0 Å². The number of rotatable bonds is 7. The van der Waals surface area contributed by atoms with E-state index in [9.17, 15) is 4.79 Å². The van der Waals surface area contributed by atoms with Gasteiger partial charge in [0.2, 0.25) is 0 Å². The summed E-state index contributed by atoms with van der Waals surface area (Å²) in [4.78, 5) is 12.9. The fraction of sp³-hybridized carbons (Fsp3) is 0.278. The smallest absolute Gasteiger partial charge is 0.316 e. The normalized spacial score (nSPS) is 11.0. The molecule has 0 spiro atoms. The summed E-state index contributed by atoms with van der Waals surface area (Å²) in [5.74, 6) is 0.792. The van der Waals surface area contributed by atoms with Crippen molar-refractivity contribution in [2.45, 2.75) is 31.7 Å². The molecule has 7 heteroatoms. The second-order valence-corrected chi connectivity index (χ2v) is 7.57. The molecule has 0 aliphatic heterocycles. The molecule has 0 amide bonds. The fourth-order valence-electron chi connectivity index (χ4n) is 2.31. The van der Waals surface area contributed by atoms with Crippen LogP contribution in [0, 0.1) is 0 Å². The number of benzene rings is 1. The van der Waals surface area contributed by atoms with Crippen LogP contribution < -0.4 is 0 Å². The van der Waals surface area contributed by atoms with E-state index in [-0.39, 0.29) is 17.8 Å². The molecule has 0 unspecified atom stereocenters. The number of carbonyl (C=O) groups excluding carboxylic acids is 1. The standard InChI is InChI=1S/C18H19N3O2S2/c1-13(2)23-16(22)12-25-18-20-19-17(15-9-6-10-24-15)21(18)11-14-7-4-3-5-8-14/h3-10,13H,11-12H2,1-2H3. The monoisotopic (exact) mass is 373 g/mol. The topological polar surface area (TPSA) is 57.0 Å². The zero-order valence-corrected chi connectivity index (χ0v) is 15.7. The molecule has 3 rings (SSSR count). The largest absolute Gasteiger partial charge is 0.462 e. The number of esters is 1. The first-order valence-electron chi connectivity index (χ1n) is 7.97. The first kappa shape index (κ1) is 17.7. The number of thioether (sulfide) groups is 1. The lowest BCUT2D eigenvalue weighted by Crippen LogP contribution is -2.14. The van der Waals surface area contributed by atoms with Crippen molar-refractivity contribution in [1.82, 2.24) is 14.8 Å². The Morgan fingerprint density at radius 3 is 2.68 bits per heavy atom. The van der Waals surface area contributed by atoms with Gasteiger partial charge in [-0.15, -0.1) is 21.5 Å². The zero-order chi connectivity index (χ0) is 17.6. The highest BCUT2D eigenvalue weighted by atomic mass is 32.2. The van der Waals surface area contributed by atoms with Crippen LogP contribution in [0.15, 0.2) is 53.0 Å². The summed E-state index contributed by atoms with van der Waals surface area (Å²) in [5.41, 5.74) is 1.16. The van der Waals surface area contributed by atoms with E-state index in [1.54, 1.807) is 11.3 Å². The Kier molecular flexibility index (Phi) is 5.88. The van der Waals surface area contributed by atoms with Crippen molar-refractivity contribution in [3.63, 3.8) is 0 Å². The molecular weight excluding hydrogens is 354 g/mol. The molecule has 0 saturated carbocycles. The van der Waals surface area contributed by atoms with Gasteiger partial charge in [0.05, 0.1) is 23.3 Å². The minimum Gasteiger partial charge on any atom is -0.462 e. The number of hydrogen-bond acceptors (Lipinski definition) is 6. The van der Waals surface area contributed by atoms with Gasteiger partial charge in [0.1, 0.15) is 0 Å². The van der Waals surface area contributed by atoms with E-state index in [2.05, 4.69) is 26.9 Å². The van der Waals surface area contributed by atoms with Gasteiger partial charge in [0.25, 0.3) is 0 Å². The molecule has 1 aromatic carbocycles. The highest BCUT2D eigenvalue weighted by Crippen LogP contribution is 2.28. The summed E-state index contributed by atoms with van der Waals surface area (Å²) in [6.45, 7) is 4.34. The predicted molar refractivity (Wildman–Crippen MR) is 101 cm³/mol. The second kappa shape index (κ2) is 8.31.